The number of allylic oxidation sites excluding steroid dienone is 1. The van der Waals surface area contributed by atoms with Gasteiger partial charge in [0.1, 0.15) is 6.33 Å². The van der Waals surface area contributed by atoms with Crippen molar-refractivity contribution in [2.24, 2.45) is 4.99 Å². The van der Waals surface area contributed by atoms with Crippen molar-refractivity contribution in [3.8, 4) is 0 Å². The maximum atomic E-state index is 6.54. The molecule has 0 bridgehead atoms. The first-order valence-corrected chi connectivity index (χ1v) is 8.20. The van der Waals surface area contributed by atoms with Gasteiger partial charge in [0.15, 0.2) is 0 Å². The van der Waals surface area contributed by atoms with E-state index in [1.54, 1.807) is 18.7 Å². The van der Waals surface area contributed by atoms with Gasteiger partial charge in [-0.3, -0.25) is 4.99 Å². The Bertz CT molecular complexity index is 892. The lowest BCUT2D eigenvalue weighted by Crippen LogP contribution is -2.41. The van der Waals surface area contributed by atoms with Crippen LogP contribution in [0.5, 0.6) is 0 Å². The lowest BCUT2D eigenvalue weighted by Gasteiger charge is -2.32. The van der Waals surface area contributed by atoms with E-state index in [-0.39, 0.29) is 0 Å². The summed E-state index contributed by atoms with van der Waals surface area (Å²) in [5.41, 5.74) is 2.55. The number of aliphatic imine (C=N–C) groups is 1. The van der Waals surface area contributed by atoms with Gasteiger partial charge in [-0.25, -0.2) is 9.97 Å². The molecule has 0 amide bonds. The van der Waals surface area contributed by atoms with Crippen LogP contribution in [0.15, 0.2) is 29.7 Å². The predicted octanol–water partition coefficient (Wildman–Crippen LogP) is 3.01. The van der Waals surface area contributed by atoms with Gasteiger partial charge in [-0.05, 0) is 39.8 Å². The molecule has 24 heavy (non-hydrogen) atoms. The van der Waals surface area contributed by atoms with Gasteiger partial charge in [0.05, 0.1) is 22.4 Å². The first-order chi connectivity index (χ1) is 11.3. The Hall–Kier alpha value is -1.76. The first-order valence-electron chi connectivity index (χ1n) is 7.82. The van der Waals surface area contributed by atoms with Crippen molar-refractivity contribution >= 4 is 46.9 Å². The van der Waals surface area contributed by atoms with Crippen molar-refractivity contribution in [1.82, 2.24) is 9.97 Å². The van der Waals surface area contributed by atoms with Crippen LogP contribution in [0.3, 0.4) is 0 Å². The fourth-order valence-electron chi connectivity index (χ4n) is 2.74. The molecule has 5 nitrogen and oxygen atoms in total. The van der Waals surface area contributed by atoms with Crippen LogP contribution >= 0.6 is 11.6 Å². The minimum Gasteiger partial charge on any atom is -0.399 e. The normalized spacial score (nSPS) is 21.0. The summed E-state index contributed by atoms with van der Waals surface area (Å²) in [5.74, 6) is 0. The van der Waals surface area contributed by atoms with E-state index in [4.69, 9.17) is 20.9 Å². The van der Waals surface area contributed by atoms with Crippen LogP contribution in [0.25, 0.3) is 16.5 Å². The van der Waals surface area contributed by atoms with Crippen LogP contribution in [0, 0.1) is 0 Å². The molecule has 0 aliphatic carbocycles. The lowest BCUT2D eigenvalue weighted by atomic mass is 9.78. The summed E-state index contributed by atoms with van der Waals surface area (Å²) in [6, 6.07) is 3.79. The molecular weight excluding hydrogens is 324 g/mol. The highest BCUT2D eigenvalue weighted by molar-refractivity contribution is 6.66. The highest BCUT2D eigenvalue weighted by Gasteiger charge is 2.52. The van der Waals surface area contributed by atoms with Crippen LogP contribution in [0.1, 0.15) is 33.4 Å². The Labute approximate surface area is 145 Å². The Kier molecular flexibility index (Phi) is 3.36. The standard InChI is InChI=1S/C17H17BClN3O2/c1-16(2)17(3,4)24-18(23-16)12-6-14-11(5-13(12)19)15(22-9-21-14)10-7-20-8-10/h5-9H,1-4H3. The largest absolute Gasteiger partial charge is 0.496 e. The van der Waals surface area contributed by atoms with Gasteiger partial charge in [-0.1, -0.05) is 11.6 Å². The molecule has 0 radical (unpaired) electrons. The third-order valence-corrected chi connectivity index (χ3v) is 5.29. The van der Waals surface area contributed by atoms with E-state index >= 15 is 0 Å². The van der Waals surface area contributed by atoms with E-state index in [1.807, 2.05) is 39.8 Å². The van der Waals surface area contributed by atoms with E-state index in [9.17, 15) is 0 Å². The smallest absolute Gasteiger partial charge is 0.399 e. The van der Waals surface area contributed by atoms with Crippen LogP contribution < -0.4 is 5.46 Å². The molecule has 0 spiro atoms. The Morgan fingerprint density at radius 3 is 2.29 bits per heavy atom. The van der Waals surface area contributed by atoms with Gasteiger partial charge >= 0.3 is 7.12 Å². The second-order valence-corrected chi connectivity index (χ2v) is 7.47. The predicted molar refractivity (Wildman–Crippen MR) is 96.7 cm³/mol. The summed E-state index contributed by atoms with van der Waals surface area (Å²) >= 11 is 6.54. The second kappa shape index (κ2) is 5.12. The van der Waals surface area contributed by atoms with Crippen LogP contribution in [-0.2, 0) is 9.31 Å². The molecule has 0 unspecified atom stereocenters. The number of hydrogen-bond donors (Lipinski definition) is 0. The number of hydrogen-bond acceptors (Lipinski definition) is 5. The summed E-state index contributed by atoms with van der Waals surface area (Å²) in [6.45, 7) is 8.07. The van der Waals surface area contributed by atoms with E-state index in [1.165, 1.54) is 0 Å². The highest BCUT2D eigenvalue weighted by atomic mass is 35.5. The minimum absolute atomic E-state index is 0.417. The van der Waals surface area contributed by atoms with Crippen LogP contribution in [-0.4, -0.2) is 34.5 Å². The first kappa shape index (κ1) is 15.8. The molecule has 0 saturated carbocycles. The van der Waals surface area contributed by atoms with Crippen molar-refractivity contribution in [2.45, 2.75) is 38.9 Å². The zero-order valence-corrected chi connectivity index (χ0v) is 14.8. The number of halogens is 1. The van der Waals surface area contributed by atoms with Gasteiger partial charge < -0.3 is 9.31 Å². The van der Waals surface area contributed by atoms with Crippen LogP contribution in [0.2, 0.25) is 5.02 Å². The monoisotopic (exact) mass is 341 g/mol. The van der Waals surface area contributed by atoms with Crippen molar-refractivity contribution in [3.63, 3.8) is 0 Å². The third-order valence-electron chi connectivity index (χ3n) is 4.96. The fraction of sp³-hybridized carbons (Fsp3) is 0.353. The average molecular weight is 342 g/mol. The molecule has 2 aliphatic rings. The molecular formula is C17H17BClN3O2. The SMILES string of the molecule is CC1(C)OB(c2cc3ncnc(C4=CN=C4)c3cc2Cl)OC1(C)C. The van der Waals surface area contributed by atoms with Gasteiger partial charge in [-0.15, -0.1) is 0 Å². The third kappa shape index (κ3) is 2.29. The number of fused-ring (bicyclic) bond motifs is 1. The summed E-state index contributed by atoms with van der Waals surface area (Å²) in [6.07, 6.45) is 5.10. The molecule has 1 saturated heterocycles. The van der Waals surface area contributed by atoms with Crippen LogP contribution in [0.4, 0.5) is 0 Å². The van der Waals surface area contributed by atoms with E-state index in [0.29, 0.717) is 5.02 Å². The van der Waals surface area contributed by atoms with E-state index in [0.717, 1.165) is 27.6 Å². The highest BCUT2D eigenvalue weighted by Crippen LogP contribution is 2.37. The second-order valence-electron chi connectivity index (χ2n) is 7.06. The number of aromatic nitrogens is 2. The molecule has 122 valence electrons. The Balaban J connectivity index is 1.80. The molecule has 0 N–H and O–H groups in total. The summed E-state index contributed by atoms with van der Waals surface area (Å²) in [4.78, 5) is 12.7. The topological polar surface area (TPSA) is 56.6 Å². The van der Waals surface area contributed by atoms with Gasteiger partial charge in [0, 0.05) is 33.9 Å². The molecule has 2 aromatic rings. The fourth-order valence-corrected chi connectivity index (χ4v) is 3.00. The zero-order valence-electron chi connectivity index (χ0n) is 14.0. The molecule has 1 aromatic heterocycles. The van der Waals surface area contributed by atoms with Crippen molar-refractivity contribution < 1.29 is 9.31 Å². The minimum atomic E-state index is -0.519. The van der Waals surface area contributed by atoms with Gasteiger partial charge in [0.2, 0.25) is 0 Å². The summed E-state index contributed by atoms with van der Waals surface area (Å²) < 4.78 is 12.2. The number of nitrogens with zero attached hydrogens (tertiary/aromatic N) is 3. The Morgan fingerprint density at radius 1 is 1.04 bits per heavy atom. The van der Waals surface area contributed by atoms with E-state index < -0.39 is 18.3 Å². The maximum Gasteiger partial charge on any atom is 0.496 e. The molecule has 1 aromatic carbocycles. The molecule has 3 heterocycles. The van der Waals surface area contributed by atoms with Crippen molar-refractivity contribution in [2.75, 3.05) is 0 Å². The van der Waals surface area contributed by atoms with Crippen molar-refractivity contribution in [3.05, 3.63) is 35.4 Å². The molecule has 2 aliphatic heterocycles. The van der Waals surface area contributed by atoms with E-state index in [2.05, 4.69) is 15.0 Å². The summed E-state index contributed by atoms with van der Waals surface area (Å²) in [7, 11) is -0.519. The molecule has 1 fully saturated rings. The molecule has 7 heteroatoms. The molecule has 4 rings (SSSR count). The maximum absolute atomic E-state index is 6.54. The lowest BCUT2D eigenvalue weighted by molar-refractivity contribution is 0.00578. The van der Waals surface area contributed by atoms with Gasteiger partial charge in [-0.2, -0.15) is 0 Å². The summed E-state index contributed by atoms with van der Waals surface area (Å²) in [5, 5.41) is 1.47. The molecule has 0 atom stereocenters. The number of rotatable bonds is 2. The average Bonchev–Trinajstić information content (AvgIpc) is 2.65. The zero-order chi connectivity index (χ0) is 17.1. The van der Waals surface area contributed by atoms with Gasteiger partial charge in [0.25, 0.3) is 0 Å². The van der Waals surface area contributed by atoms with Crippen molar-refractivity contribution in [1.29, 1.82) is 0 Å². The quantitative estimate of drug-likeness (QED) is 0.788. The number of benzene rings is 1. The Morgan fingerprint density at radius 2 is 1.71 bits per heavy atom.